The van der Waals surface area contributed by atoms with Gasteiger partial charge in [0.1, 0.15) is 5.65 Å². The average Bonchev–Trinajstić information content (AvgIpc) is 3.85. The van der Waals surface area contributed by atoms with E-state index in [1.165, 1.54) is 17.9 Å². The maximum atomic E-state index is 15.7. The highest BCUT2D eigenvalue weighted by Crippen LogP contribution is 2.46. The van der Waals surface area contributed by atoms with E-state index in [1.54, 1.807) is 6.07 Å². The van der Waals surface area contributed by atoms with Crippen LogP contribution in [-0.2, 0) is 33.7 Å². The number of nitrogens with one attached hydrogen (secondary N) is 1. The second-order valence-corrected chi connectivity index (χ2v) is 13.2. The summed E-state index contributed by atoms with van der Waals surface area (Å²) in [6.07, 6.45) is 0.585. The molecule has 1 amide bonds. The van der Waals surface area contributed by atoms with E-state index in [1.807, 2.05) is 26.0 Å². The third-order valence-electron chi connectivity index (χ3n) is 9.37. The van der Waals surface area contributed by atoms with Crippen LogP contribution >= 0.6 is 0 Å². The van der Waals surface area contributed by atoms with Gasteiger partial charge in [0.25, 0.3) is 0 Å². The molecule has 0 saturated heterocycles. The van der Waals surface area contributed by atoms with Gasteiger partial charge in [0.15, 0.2) is 0 Å². The minimum absolute atomic E-state index is 0.0340. The number of aliphatic hydroxyl groups is 7. The van der Waals surface area contributed by atoms with Crippen LogP contribution in [0.3, 0.4) is 0 Å². The van der Waals surface area contributed by atoms with Crippen LogP contribution in [0.15, 0.2) is 35.4 Å². The number of carbonyl (C=O) groups excluding carboxylic acids is 1. The first-order chi connectivity index (χ1) is 23.7. The van der Waals surface area contributed by atoms with Gasteiger partial charge in [-0.05, 0) is 56.4 Å². The maximum Gasteiger partial charge on any atom is 0.404 e. The fraction of sp³-hybridized carbons (Fsp3) is 0.438. The minimum atomic E-state index is -3.57. The molecule has 1 aromatic carbocycles. The molecule has 0 radical (unpaired) electrons. The zero-order valence-electron chi connectivity index (χ0n) is 28.0. The van der Waals surface area contributed by atoms with E-state index < -0.39 is 41.1 Å². The number of aromatic amines is 1. The monoisotopic (exact) mass is 715 g/mol. The van der Waals surface area contributed by atoms with Gasteiger partial charge < -0.3 is 55.9 Å². The van der Waals surface area contributed by atoms with Gasteiger partial charge in [-0.2, -0.15) is 4.39 Å². The average molecular weight is 716 g/mol. The number of carbonyl (C=O) groups is 1. The Morgan fingerprint density at radius 3 is 2.37 bits per heavy atom. The molecule has 5 heterocycles. The minimum Gasteiger partial charge on any atom is -0.453 e. The number of hydrogen-bond acceptors (Lipinski definition) is 13. The molecule has 4 aromatic heterocycles. The number of imidazole rings is 1. The van der Waals surface area contributed by atoms with Gasteiger partial charge in [0.05, 0.1) is 53.2 Å². The molecule has 1 saturated carbocycles. The van der Waals surface area contributed by atoms with Crippen LogP contribution in [0.25, 0.3) is 44.5 Å². The van der Waals surface area contributed by atoms with Gasteiger partial charge in [-0.25, -0.2) is 23.8 Å². The second kappa shape index (κ2) is 12.2. The smallest absolute Gasteiger partial charge is 0.404 e. The third kappa shape index (κ3) is 5.96. The number of ether oxygens (including phenoxy) is 2. The molecule has 7 rings (SSSR count). The van der Waals surface area contributed by atoms with Gasteiger partial charge >= 0.3 is 23.8 Å². The summed E-state index contributed by atoms with van der Waals surface area (Å²) in [7, 11) is 1.22. The molecule has 19 heteroatoms. The lowest BCUT2D eigenvalue weighted by molar-refractivity contribution is -0.397. The number of nitrogens with zero attached hydrogens (tertiary/aromatic N) is 5. The Bertz CT molecular complexity index is 2210. The van der Waals surface area contributed by atoms with Crippen LogP contribution in [0.2, 0.25) is 0 Å². The predicted octanol–water partition coefficient (Wildman–Crippen LogP) is 0.781. The number of nitrogens with two attached hydrogens (primary N) is 1. The molecule has 51 heavy (non-hydrogen) atoms. The van der Waals surface area contributed by atoms with Gasteiger partial charge in [-0.3, -0.25) is 4.57 Å². The number of hydrogen-bond donors (Lipinski definition) is 9. The Hall–Kier alpha value is -4.73. The maximum absolute atomic E-state index is 15.7. The first-order valence-corrected chi connectivity index (χ1v) is 15.8. The van der Waals surface area contributed by atoms with Gasteiger partial charge in [-0.1, -0.05) is 25.0 Å². The molecule has 18 nitrogen and oxygen atoms in total. The molecule has 10 N–H and O–H groups in total. The van der Waals surface area contributed by atoms with E-state index in [2.05, 4.69) is 25.5 Å². The summed E-state index contributed by atoms with van der Waals surface area (Å²) in [5, 5.41) is 75.3. The molecule has 1 aliphatic carbocycles. The summed E-state index contributed by atoms with van der Waals surface area (Å²) in [6, 6.07) is 5.10. The lowest BCUT2D eigenvalue weighted by Crippen LogP contribution is -2.54. The summed E-state index contributed by atoms with van der Waals surface area (Å²) in [5.74, 6) is -7.79. The predicted molar refractivity (Wildman–Crippen MR) is 174 cm³/mol. The molecule has 0 spiro atoms. The quantitative estimate of drug-likeness (QED) is 0.110. The lowest BCUT2D eigenvalue weighted by atomic mass is 9.91. The summed E-state index contributed by atoms with van der Waals surface area (Å²) in [5.41, 5.74) is 5.50. The number of benzene rings is 1. The fourth-order valence-corrected chi connectivity index (χ4v) is 6.81. The summed E-state index contributed by atoms with van der Waals surface area (Å²) in [4.78, 5) is 30.6. The molecule has 0 bridgehead atoms. The van der Waals surface area contributed by atoms with Crippen molar-refractivity contribution in [2.75, 3.05) is 7.11 Å². The van der Waals surface area contributed by atoms with Crippen LogP contribution in [0, 0.1) is 5.95 Å². The van der Waals surface area contributed by atoms with Crippen molar-refractivity contribution in [3.8, 4) is 22.4 Å². The summed E-state index contributed by atoms with van der Waals surface area (Å²) in [6.45, 7) is 4.81. The number of halogens is 1. The number of rotatable bonds is 6. The number of methoxy groups -OCH3 is 1. The number of amides is 1. The Morgan fingerprint density at radius 2 is 1.78 bits per heavy atom. The van der Waals surface area contributed by atoms with Crippen molar-refractivity contribution in [2.24, 2.45) is 5.73 Å². The van der Waals surface area contributed by atoms with Crippen LogP contribution in [-0.4, -0.2) is 83.6 Å². The SMILES string of the molecule is CC1(C)OCc2cc(-c3c(-c4cn(C(O)(O)C(C)(O)O)nc4F)[nH]c4ncc5c(c34)n(C3CCCC3)c(=O)n5C(O)(O)O)ccc21.COC(N)=O. The number of primary amides is 1. The van der Waals surface area contributed by atoms with E-state index in [0.717, 1.165) is 30.2 Å². The summed E-state index contributed by atoms with van der Waals surface area (Å²) < 4.78 is 27.6. The first kappa shape index (κ1) is 36.1. The van der Waals surface area contributed by atoms with E-state index >= 15 is 4.39 Å². The molecule has 1 aliphatic heterocycles. The summed E-state index contributed by atoms with van der Waals surface area (Å²) >= 11 is 0. The van der Waals surface area contributed by atoms with Crippen molar-refractivity contribution < 1.29 is 54.4 Å². The van der Waals surface area contributed by atoms with Crippen molar-refractivity contribution >= 4 is 28.2 Å². The zero-order valence-corrected chi connectivity index (χ0v) is 28.0. The van der Waals surface area contributed by atoms with E-state index in [9.17, 15) is 45.3 Å². The van der Waals surface area contributed by atoms with Crippen LogP contribution in [0.5, 0.6) is 0 Å². The molecule has 0 atom stereocenters. The van der Waals surface area contributed by atoms with Crippen LogP contribution < -0.4 is 11.4 Å². The van der Waals surface area contributed by atoms with Crippen molar-refractivity contribution in [3.05, 3.63) is 58.2 Å². The van der Waals surface area contributed by atoms with Crippen molar-refractivity contribution in [1.29, 1.82) is 0 Å². The second-order valence-electron chi connectivity index (χ2n) is 13.2. The standard InChI is InChI=1S/C30H33FN6O9.C2H5NO2/c1-27(2)18-9-8-14(10-15(18)13-46-27)20-21-23-19(37(30(43,44)45)26(38)36(23)16-6-4-5-7-16)11-32-25(21)33-22(20)17-12-35(34-24(17)31)29(41,42)28(3,39)40;1-5-2(3)4/h8-12,16,39-45H,4-7,13H2,1-3H3,(H,32,33);1H3,(H2,3,4). The fourth-order valence-electron chi connectivity index (χ4n) is 6.81. The Morgan fingerprint density at radius 1 is 1.14 bits per heavy atom. The Kier molecular flexibility index (Phi) is 8.63. The molecule has 0 unspecified atom stereocenters. The topological polar surface area (TPSA) is 277 Å². The number of pyridine rings is 1. The van der Waals surface area contributed by atoms with Crippen LogP contribution in [0.1, 0.15) is 63.6 Å². The first-order valence-electron chi connectivity index (χ1n) is 15.8. The van der Waals surface area contributed by atoms with Gasteiger partial charge in [-0.15, -0.1) is 5.10 Å². The number of fused-ring (bicyclic) bond motifs is 4. The Labute approximate surface area is 287 Å². The van der Waals surface area contributed by atoms with Crippen LogP contribution in [0.4, 0.5) is 9.18 Å². The molecule has 5 aromatic rings. The molecular weight excluding hydrogens is 677 g/mol. The molecule has 274 valence electrons. The van der Waals surface area contributed by atoms with Crippen molar-refractivity contribution in [2.45, 2.75) is 82.5 Å². The zero-order chi connectivity index (χ0) is 37.4. The highest BCUT2D eigenvalue weighted by molar-refractivity contribution is 6.14. The molecule has 2 aliphatic rings. The highest BCUT2D eigenvalue weighted by atomic mass is 19.1. The molecular formula is C32H38FN7O11. The highest BCUT2D eigenvalue weighted by Gasteiger charge is 2.47. The van der Waals surface area contributed by atoms with E-state index in [0.29, 0.717) is 35.5 Å². The third-order valence-corrected chi connectivity index (χ3v) is 9.37. The number of H-pyrrole nitrogens is 1. The molecule has 1 fully saturated rings. The lowest BCUT2D eigenvalue weighted by Gasteiger charge is -2.31. The largest absolute Gasteiger partial charge is 0.453 e. The van der Waals surface area contributed by atoms with E-state index in [-0.39, 0.29) is 50.7 Å². The van der Waals surface area contributed by atoms with E-state index in [4.69, 9.17) is 4.74 Å². The Balaban J connectivity index is 0.000000839. The van der Waals surface area contributed by atoms with Crippen molar-refractivity contribution in [1.82, 2.24) is 28.9 Å². The van der Waals surface area contributed by atoms with Gasteiger partial charge in [0.2, 0.25) is 11.7 Å². The number of aromatic nitrogens is 6. The normalized spacial score (nSPS) is 16.5. The van der Waals surface area contributed by atoms with Crippen molar-refractivity contribution in [3.63, 3.8) is 0 Å². The van der Waals surface area contributed by atoms with Gasteiger partial charge in [0, 0.05) is 17.8 Å².